The number of aliphatic hydroxyl groups excluding tert-OH is 1. The fourth-order valence-corrected chi connectivity index (χ4v) is 3.20. The average Bonchev–Trinajstić information content (AvgIpc) is 2.67. The van der Waals surface area contributed by atoms with E-state index in [1.54, 1.807) is 0 Å². The lowest BCUT2D eigenvalue weighted by Crippen LogP contribution is -2.54. The molecular formula is C11H19NO4. The van der Waals surface area contributed by atoms with Crippen LogP contribution in [0.25, 0.3) is 0 Å². The number of fused-ring (bicyclic) bond motifs is 3. The largest absolute Gasteiger partial charge is 0.390 e. The molecule has 3 aliphatic rings. The third-order valence-corrected chi connectivity index (χ3v) is 3.82. The highest BCUT2D eigenvalue weighted by Gasteiger charge is 2.57. The second kappa shape index (κ2) is 3.40. The average molecular weight is 229 g/mol. The van der Waals surface area contributed by atoms with Gasteiger partial charge >= 0.3 is 0 Å². The van der Waals surface area contributed by atoms with Gasteiger partial charge in [0, 0.05) is 13.0 Å². The smallest absolute Gasteiger partial charge is 0.163 e. The lowest BCUT2D eigenvalue weighted by Gasteiger charge is -2.37. The van der Waals surface area contributed by atoms with Crippen molar-refractivity contribution in [2.75, 3.05) is 13.7 Å². The van der Waals surface area contributed by atoms with Crippen LogP contribution in [0, 0.1) is 5.92 Å². The maximum Gasteiger partial charge on any atom is 0.163 e. The molecule has 0 aromatic rings. The van der Waals surface area contributed by atoms with Gasteiger partial charge in [-0.25, -0.2) is 0 Å². The van der Waals surface area contributed by atoms with E-state index < -0.39 is 11.9 Å². The third-order valence-electron chi connectivity index (χ3n) is 3.82. The van der Waals surface area contributed by atoms with Gasteiger partial charge in [-0.3, -0.25) is 4.84 Å². The van der Waals surface area contributed by atoms with E-state index >= 15 is 0 Å². The molecule has 92 valence electrons. The minimum Gasteiger partial charge on any atom is -0.390 e. The molecule has 1 N–H and O–H groups in total. The normalized spacial score (nSPS) is 51.4. The molecule has 5 nitrogen and oxygen atoms in total. The molecule has 2 saturated heterocycles. The van der Waals surface area contributed by atoms with Gasteiger partial charge in [0.15, 0.2) is 5.79 Å². The van der Waals surface area contributed by atoms with E-state index in [9.17, 15) is 5.11 Å². The molecule has 0 aromatic heterocycles. The van der Waals surface area contributed by atoms with Crippen LogP contribution in [0.3, 0.4) is 0 Å². The molecule has 0 radical (unpaired) electrons. The predicted octanol–water partition coefficient (Wildman–Crippen LogP) is 0.133. The van der Waals surface area contributed by atoms with Gasteiger partial charge in [0.25, 0.3) is 0 Å². The fraction of sp³-hybridized carbons (Fsp3) is 1.00. The molecule has 3 fully saturated rings. The first-order chi connectivity index (χ1) is 7.48. The van der Waals surface area contributed by atoms with Crippen molar-refractivity contribution in [1.29, 1.82) is 0 Å². The summed E-state index contributed by atoms with van der Waals surface area (Å²) in [5.41, 5.74) is 0. The maximum atomic E-state index is 10.1. The number of hydroxylamine groups is 2. The second-order valence-electron chi connectivity index (χ2n) is 5.46. The van der Waals surface area contributed by atoms with E-state index in [1.165, 1.54) is 0 Å². The van der Waals surface area contributed by atoms with Gasteiger partial charge in [-0.1, -0.05) is 0 Å². The van der Waals surface area contributed by atoms with Crippen molar-refractivity contribution in [3.63, 3.8) is 0 Å². The zero-order chi connectivity index (χ0) is 11.5. The van der Waals surface area contributed by atoms with Gasteiger partial charge in [0.05, 0.1) is 18.8 Å². The van der Waals surface area contributed by atoms with Crippen molar-refractivity contribution in [3.8, 4) is 0 Å². The van der Waals surface area contributed by atoms with Crippen molar-refractivity contribution in [2.24, 2.45) is 5.92 Å². The standard InChI is InChI=1S/C11H19NO4/c1-11(2)15-9-7(13)4-6-5-14-12(3)8(6)10(9)16-11/h6-10,13H,4-5H2,1-3H3/t6-,7-,8+,9-,10-/m1/s1. The van der Waals surface area contributed by atoms with Gasteiger partial charge < -0.3 is 14.6 Å². The highest BCUT2D eigenvalue weighted by molar-refractivity contribution is 5.02. The van der Waals surface area contributed by atoms with Gasteiger partial charge in [-0.05, 0) is 20.3 Å². The number of rotatable bonds is 0. The molecule has 5 atom stereocenters. The van der Waals surface area contributed by atoms with E-state index in [1.807, 2.05) is 26.0 Å². The van der Waals surface area contributed by atoms with Crippen LogP contribution in [0.1, 0.15) is 20.3 Å². The molecule has 1 aliphatic carbocycles. The van der Waals surface area contributed by atoms with E-state index in [2.05, 4.69) is 0 Å². The van der Waals surface area contributed by atoms with Gasteiger partial charge in [-0.15, -0.1) is 0 Å². The van der Waals surface area contributed by atoms with Crippen LogP contribution in [-0.2, 0) is 14.3 Å². The van der Waals surface area contributed by atoms with Crippen LogP contribution in [0.2, 0.25) is 0 Å². The second-order valence-corrected chi connectivity index (χ2v) is 5.46. The third kappa shape index (κ3) is 1.50. The van der Waals surface area contributed by atoms with E-state index in [4.69, 9.17) is 14.3 Å². The summed E-state index contributed by atoms with van der Waals surface area (Å²) in [5, 5.41) is 11.9. The summed E-state index contributed by atoms with van der Waals surface area (Å²) in [4.78, 5) is 5.51. The van der Waals surface area contributed by atoms with Crippen LogP contribution in [0.15, 0.2) is 0 Å². The molecule has 16 heavy (non-hydrogen) atoms. The Morgan fingerprint density at radius 3 is 2.69 bits per heavy atom. The summed E-state index contributed by atoms with van der Waals surface area (Å²) in [6, 6.07) is 0.204. The van der Waals surface area contributed by atoms with Crippen LogP contribution >= 0.6 is 0 Å². The van der Waals surface area contributed by atoms with Crippen LogP contribution in [0.5, 0.6) is 0 Å². The van der Waals surface area contributed by atoms with E-state index in [0.29, 0.717) is 12.5 Å². The Kier molecular flexibility index (Phi) is 2.32. The Hall–Kier alpha value is -0.200. The predicted molar refractivity (Wildman–Crippen MR) is 55.4 cm³/mol. The Labute approximate surface area is 95.2 Å². The Balaban J connectivity index is 1.88. The first-order valence-corrected chi connectivity index (χ1v) is 5.87. The summed E-state index contributed by atoms with van der Waals surface area (Å²) in [7, 11) is 1.92. The zero-order valence-corrected chi connectivity index (χ0v) is 9.92. The quantitative estimate of drug-likeness (QED) is 0.640. The molecule has 0 aromatic carbocycles. The molecule has 0 amide bonds. The van der Waals surface area contributed by atoms with Gasteiger partial charge in [-0.2, -0.15) is 5.06 Å². The van der Waals surface area contributed by atoms with E-state index in [0.717, 1.165) is 6.42 Å². The summed E-state index contributed by atoms with van der Waals surface area (Å²) in [5.74, 6) is -0.256. The van der Waals surface area contributed by atoms with Crippen LogP contribution < -0.4 is 0 Å². The van der Waals surface area contributed by atoms with Crippen LogP contribution in [0.4, 0.5) is 0 Å². The van der Waals surface area contributed by atoms with Crippen molar-refractivity contribution in [2.45, 2.75) is 50.4 Å². The molecule has 3 rings (SSSR count). The fourth-order valence-electron chi connectivity index (χ4n) is 3.20. The Bertz CT molecular complexity index is 296. The Morgan fingerprint density at radius 2 is 1.94 bits per heavy atom. The number of ether oxygens (including phenoxy) is 2. The number of likely N-dealkylation sites (N-methyl/N-ethyl adjacent to an activating group) is 1. The molecular weight excluding hydrogens is 210 g/mol. The van der Waals surface area contributed by atoms with Crippen molar-refractivity contribution < 1.29 is 19.4 Å². The highest BCUT2D eigenvalue weighted by atomic mass is 16.8. The molecule has 1 saturated carbocycles. The van der Waals surface area contributed by atoms with Crippen molar-refractivity contribution in [3.05, 3.63) is 0 Å². The highest BCUT2D eigenvalue weighted by Crippen LogP contribution is 2.43. The molecule has 2 aliphatic heterocycles. The molecule has 0 bridgehead atoms. The van der Waals surface area contributed by atoms with Crippen molar-refractivity contribution in [1.82, 2.24) is 5.06 Å². The number of hydrogen-bond donors (Lipinski definition) is 1. The Morgan fingerprint density at radius 1 is 1.25 bits per heavy atom. The minimum atomic E-state index is -0.603. The van der Waals surface area contributed by atoms with Gasteiger partial charge in [0.2, 0.25) is 0 Å². The number of aliphatic hydroxyl groups is 1. The lowest BCUT2D eigenvalue weighted by molar-refractivity contribution is -0.168. The monoisotopic (exact) mass is 229 g/mol. The molecule has 0 unspecified atom stereocenters. The number of nitrogens with zero attached hydrogens (tertiary/aromatic N) is 1. The SMILES string of the molecule is CN1OC[C@H]2C[C@@H](O)[C@H]3OC(C)(C)O[C@@H]3[C@H]21. The lowest BCUT2D eigenvalue weighted by atomic mass is 9.80. The van der Waals surface area contributed by atoms with Crippen LogP contribution in [-0.4, -0.2) is 54.0 Å². The van der Waals surface area contributed by atoms with Crippen molar-refractivity contribution >= 4 is 0 Å². The summed E-state index contributed by atoms with van der Waals surface area (Å²) >= 11 is 0. The summed E-state index contributed by atoms with van der Waals surface area (Å²) in [6.45, 7) is 4.46. The molecule has 0 spiro atoms. The molecule has 2 heterocycles. The first-order valence-electron chi connectivity index (χ1n) is 5.87. The zero-order valence-electron chi connectivity index (χ0n) is 9.92. The topological polar surface area (TPSA) is 51.2 Å². The maximum absolute atomic E-state index is 10.1. The number of hydrogen-bond acceptors (Lipinski definition) is 5. The minimum absolute atomic E-state index is 0.0868. The summed E-state index contributed by atoms with van der Waals surface area (Å²) < 4.78 is 11.7. The first kappa shape index (κ1) is 10.9. The molecule has 5 heteroatoms. The van der Waals surface area contributed by atoms with E-state index in [-0.39, 0.29) is 18.2 Å². The summed E-state index contributed by atoms with van der Waals surface area (Å²) in [6.07, 6.45) is -0.0184. The van der Waals surface area contributed by atoms with Gasteiger partial charge in [0.1, 0.15) is 12.2 Å².